The number of nitrogens with one attached hydrogen (secondary N) is 2. The van der Waals surface area contributed by atoms with E-state index in [0.29, 0.717) is 38.5 Å². The summed E-state index contributed by atoms with van der Waals surface area (Å²) in [6, 6.07) is -0.714. The number of phosphoric acid groups is 2. The first-order valence-corrected chi connectivity index (χ1v) is 45.6. The Morgan fingerprint density at radius 2 is 0.431 bits per heavy atom. The lowest BCUT2D eigenvalue weighted by molar-refractivity contribution is -0.170. The Hall–Kier alpha value is -2.63. The number of hydrogen-bond acceptors (Lipinski definition) is 15. The number of carbonyl (C=O) groups excluding carboxylic acids is 5. The van der Waals surface area contributed by atoms with Gasteiger partial charge in [-0.1, -0.05) is 337 Å². The van der Waals surface area contributed by atoms with E-state index in [4.69, 9.17) is 37.0 Å². The third kappa shape index (κ3) is 67.9. The van der Waals surface area contributed by atoms with Gasteiger partial charge in [0.15, 0.2) is 0 Å². The van der Waals surface area contributed by atoms with E-state index in [-0.39, 0.29) is 76.8 Å². The van der Waals surface area contributed by atoms with Crippen LogP contribution in [0, 0.1) is 0 Å². The number of carbonyl (C=O) groups is 5. The van der Waals surface area contributed by atoms with Crippen molar-refractivity contribution in [2.75, 3.05) is 39.5 Å². The van der Waals surface area contributed by atoms with Gasteiger partial charge in [0.2, 0.25) is 0 Å². The monoisotopic (exact) mass is 1490 g/mol. The van der Waals surface area contributed by atoms with Crippen molar-refractivity contribution in [2.45, 2.75) is 451 Å². The van der Waals surface area contributed by atoms with Crippen LogP contribution in [0.3, 0.4) is 0 Å². The highest BCUT2D eigenvalue weighted by Crippen LogP contribution is 2.44. The molecule has 0 rings (SSSR count). The van der Waals surface area contributed by atoms with Gasteiger partial charge in [-0.2, -0.15) is 0 Å². The lowest BCUT2D eigenvalue weighted by Crippen LogP contribution is -2.38. The third-order valence-corrected chi connectivity index (χ3v) is 21.2. The maximum Gasteiger partial charge on any atom is 0.472 e. The Morgan fingerprint density at radius 1 is 0.255 bits per heavy atom. The zero-order valence-electron chi connectivity index (χ0n) is 66.4. The highest BCUT2D eigenvalue weighted by molar-refractivity contribution is 7.47. The summed E-state index contributed by atoms with van der Waals surface area (Å²) >= 11 is 0. The molecule has 4 unspecified atom stereocenters. The van der Waals surface area contributed by atoms with Gasteiger partial charge < -0.3 is 39.4 Å². The van der Waals surface area contributed by atoms with Crippen LogP contribution in [-0.2, 0) is 65.4 Å². The van der Waals surface area contributed by atoms with Gasteiger partial charge in [-0.05, 0) is 51.4 Å². The fourth-order valence-corrected chi connectivity index (χ4v) is 14.3. The van der Waals surface area contributed by atoms with E-state index in [1.165, 1.54) is 180 Å². The average molecular weight is 1490 g/mol. The number of ether oxygens (including phenoxy) is 4. The van der Waals surface area contributed by atoms with E-state index < -0.39 is 71.2 Å². The van der Waals surface area contributed by atoms with Crippen LogP contribution in [0.1, 0.15) is 427 Å². The van der Waals surface area contributed by atoms with Crippen LogP contribution in [0.2, 0.25) is 0 Å². The first kappa shape index (κ1) is 99.4. The predicted octanol–water partition coefficient (Wildman–Crippen LogP) is 23.7. The van der Waals surface area contributed by atoms with Gasteiger partial charge in [0.05, 0.1) is 26.4 Å². The lowest BCUT2D eigenvalue weighted by Gasteiger charge is -2.27. The molecule has 0 aromatic carbocycles. The van der Waals surface area contributed by atoms with E-state index in [1.54, 1.807) is 0 Å². The Balaban J connectivity index is 5.78. The molecule has 0 spiro atoms. The van der Waals surface area contributed by atoms with Gasteiger partial charge in [-0.25, -0.2) is 13.9 Å². The highest BCUT2D eigenvalue weighted by Gasteiger charge is 2.33. The van der Waals surface area contributed by atoms with Crippen LogP contribution < -0.4 is 10.6 Å². The number of unbranched alkanes of at least 4 members (excludes halogenated alkanes) is 46. The maximum absolute atomic E-state index is 13.5. The fourth-order valence-electron chi connectivity index (χ4n) is 12.8. The molecule has 0 aliphatic carbocycles. The average Bonchev–Trinajstić information content (AvgIpc) is 0.895. The molecule has 0 heterocycles. The summed E-state index contributed by atoms with van der Waals surface area (Å²) in [5.41, 5.74) is 0. The number of amides is 2. The van der Waals surface area contributed by atoms with Crippen molar-refractivity contribution < 1.29 is 79.9 Å². The fraction of sp³-hybridized carbons (Fsp3) is 0.938. The number of urea groups is 1. The minimum absolute atomic E-state index is 0.0230. The van der Waals surface area contributed by atoms with Crippen molar-refractivity contribution in [3.63, 3.8) is 0 Å². The maximum atomic E-state index is 13.5. The molecular formula is C81H158N2O17P2. The van der Waals surface area contributed by atoms with Crippen LogP contribution in [0.4, 0.5) is 4.79 Å². The van der Waals surface area contributed by atoms with Gasteiger partial charge in [-0.3, -0.25) is 37.3 Å². The second kappa shape index (κ2) is 73.9. The molecule has 0 aromatic rings. The van der Waals surface area contributed by atoms with Crippen LogP contribution in [-0.4, -0.2) is 104 Å². The Kier molecular flexibility index (Phi) is 72.0. The quantitative estimate of drug-likeness (QED) is 0.0191. The normalized spacial score (nSPS) is 14.0. The van der Waals surface area contributed by atoms with E-state index in [0.717, 1.165) is 128 Å². The minimum Gasteiger partial charge on any atom is -0.458 e. The van der Waals surface area contributed by atoms with Gasteiger partial charge in [0.25, 0.3) is 0 Å². The molecular weight excluding hydrogens is 1330 g/mol. The summed E-state index contributed by atoms with van der Waals surface area (Å²) in [6.45, 7) is 11.3. The molecule has 6 atom stereocenters. The van der Waals surface area contributed by atoms with Crippen LogP contribution >= 0.6 is 15.6 Å². The summed E-state index contributed by atoms with van der Waals surface area (Å²) in [6.07, 6.45) is 55.3. The van der Waals surface area contributed by atoms with Gasteiger partial charge in [-0.15, -0.1) is 0 Å². The number of rotatable bonds is 80. The first-order valence-electron chi connectivity index (χ1n) is 42.6. The number of phosphoric ester groups is 2. The van der Waals surface area contributed by atoms with E-state index in [2.05, 4.69) is 52.2 Å². The highest BCUT2D eigenvalue weighted by atomic mass is 31.2. The van der Waals surface area contributed by atoms with E-state index in [1.807, 2.05) is 0 Å². The summed E-state index contributed by atoms with van der Waals surface area (Å²) in [4.78, 5) is 88.2. The zero-order chi connectivity index (χ0) is 74.9. The molecule has 0 bridgehead atoms. The Labute approximate surface area is 623 Å². The molecule has 0 saturated carbocycles. The number of hydrogen-bond donors (Lipinski definition) is 4. The smallest absolute Gasteiger partial charge is 0.458 e. The number of esters is 4. The summed E-state index contributed by atoms with van der Waals surface area (Å²) in [5, 5.41) is 5.01. The minimum atomic E-state index is -4.69. The summed E-state index contributed by atoms with van der Waals surface area (Å²) in [5.74, 6) is -1.53. The Bertz CT molecular complexity index is 1890. The first-order chi connectivity index (χ1) is 49.6. The van der Waals surface area contributed by atoms with Gasteiger partial charge in [0, 0.05) is 51.6 Å². The summed E-state index contributed by atoms with van der Waals surface area (Å²) < 4.78 is 72.1. The van der Waals surface area contributed by atoms with Crippen molar-refractivity contribution >= 4 is 45.6 Å². The molecule has 19 nitrogen and oxygen atoms in total. The molecule has 0 radical (unpaired) electrons. The SMILES string of the molecule is CCCCCCCCCCCCC(=O)O[C@H](CCOP(=O)(O)OCCNC(=O)NCCOP(=O)(O)OCC[C@@H](OC(=O)CCCCCCCCCCCC)C(CCCCCCCCCC)OC(=O)CCCCCCCCCC)C(CCCCCCCCCC)OC(=O)CCCCCCCCCC. The molecule has 604 valence electrons. The molecule has 0 aliphatic rings. The molecule has 0 aliphatic heterocycles. The topological polar surface area (TPSA) is 258 Å². The molecule has 4 N–H and O–H groups in total. The van der Waals surface area contributed by atoms with Gasteiger partial charge in [0.1, 0.15) is 24.4 Å². The summed E-state index contributed by atoms with van der Waals surface area (Å²) in [7, 11) is -9.38. The molecule has 0 fully saturated rings. The second-order valence-corrected chi connectivity index (χ2v) is 31.9. The molecule has 2 amide bonds. The van der Waals surface area contributed by atoms with Crippen molar-refractivity contribution in [1.82, 2.24) is 10.6 Å². The molecule has 0 aromatic heterocycles. The lowest BCUT2D eigenvalue weighted by atomic mass is 10.0. The molecule has 102 heavy (non-hydrogen) atoms. The Morgan fingerprint density at radius 3 is 0.647 bits per heavy atom. The van der Waals surface area contributed by atoms with Crippen molar-refractivity contribution in [3.05, 3.63) is 0 Å². The van der Waals surface area contributed by atoms with Crippen molar-refractivity contribution in [1.29, 1.82) is 0 Å². The molecule has 21 heteroatoms. The van der Waals surface area contributed by atoms with Crippen molar-refractivity contribution in [2.24, 2.45) is 0 Å². The van der Waals surface area contributed by atoms with Crippen LogP contribution in [0.5, 0.6) is 0 Å². The predicted molar refractivity (Wildman–Crippen MR) is 415 cm³/mol. The second-order valence-electron chi connectivity index (χ2n) is 29.0. The zero-order valence-corrected chi connectivity index (χ0v) is 68.2. The van der Waals surface area contributed by atoms with Gasteiger partial charge >= 0.3 is 45.6 Å². The largest absolute Gasteiger partial charge is 0.472 e. The van der Waals surface area contributed by atoms with Crippen LogP contribution in [0.25, 0.3) is 0 Å². The third-order valence-electron chi connectivity index (χ3n) is 19.2. The van der Waals surface area contributed by atoms with E-state index in [9.17, 15) is 42.9 Å². The van der Waals surface area contributed by atoms with E-state index >= 15 is 0 Å². The molecule has 0 saturated heterocycles. The van der Waals surface area contributed by atoms with Crippen LogP contribution in [0.15, 0.2) is 0 Å². The standard InChI is InChI=1S/C81H158N2O17P2/c1-7-13-19-25-31-37-39-45-51-57-63-79(86)99-75(73(59-53-47-41-33-27-21-15-9-3)97-77(84)61-55-49-43-35-29-23-17-11-5)65-69-93-101(89,90)95-71-67-82-81(88)83-68-72-96-102(91,92)94-70-66-76(100-80(87)64-58-52-46-40-38-32-26-20-14-8-2)74(60-54-48-42-34-28-22-16-10-4)98-78(85)62-56-50-44-36-30-24-18-12-6/h73-76H,7-72H2,1-6H3,(H,89,90)(H,91,92)(H2,82,83,88)/t73?,74?,75-,76-/m1/s1. The van der Waals surface area contributed by atoms with Crippen molar-refractivity contribution in [3.8, 4) is 0 Å².